The molecule has 1 saturated carbocycles. The Kier molecular flexibility index (Phi) is 6.28. The van der Waals surface area contributed by atoms with Crippen molar-refractivity contribution in [3.05, 3.63) is 0 Å². The molecule has 0 saturated heterocycles. The van der Waals surface area contributed by atoms with Crippen molar-refractivity contribution >= 4 is 0 Å². The Labute approximate surface area is 119 Å². The second kappa shape index (κ2) is 7.05. The molecule has 2 atom stereocenters. The second-order valence-electron chi connectivity index (χ2n) is 7.09. The van der Waals surface area contributed by atoms with Crippen LogP contribution in [0.4, 0.5) is 0 Å². The molecule has 0 radical (unpaired) electrons. The van der Waals surface area contributed by atoms with Crippen molar-refractivity contribution in [2.24, 2.45) is 17.1 Å². The fourth-order valence-electron chi connectivity index (χ4n) is 2.92. The number of rotatable bonds is 9. The molecule has 0 aromatic heterocycles. The van der Waals surface area contributed by atoms with Crippen LogP contribution in [-0.2, 0) is 4.74 Å². The van der Waals surface area contributed by atoms with Crippen molar-refractivity contribution in [1.82, 2.24) is 5.32 Å². The highest BCUT2D eigenvalue weighted by atomic mass is 16.5. The molecule has 1 fully saturated rings. The lowest BCUT2D eigenvalue weighted by atomic mass is 9.54. The first-order valence-electron chi connectivity index (χ1n) is 7.94. The highest BCUT2D eigenvalue weighted by Gasteiger charge is 2.57. The predicted octanol–water partition coefficient (Wildman–Crippen LogP) is 2.93. The van der Waals surface area contributed by atoms with E-state index in [9.17, 15) is 0 Å². The molecule has 0 aromatic carbocycles. The maximum Gasteiger partial charge on any atom is 0.0662 e. The average molecular weight is 270 g/mol. The summed E-state index contributed by atoms with van der Waals surface area (Å²) < 4.78 is 5.75. The van der Waals surface area contributed by atoms with E-state index in [1.807, 2.05) is 0 Å². The van der Waals surface area contributed by atoms with E-state index < -0.39 is 0 Å². The third-order valence-electron chi connectivity index (χ3n) is 4.83. The molecule has 19 heavy (non-hydrogen) atoms. The molecular weight excluding hydrogens is 236 g/mol. The van der Waals surface area contributed by atoms with E-state index in [1.165, 1.54) is 19.3 Å². The van der Waals surface area contributed by atoms with Crippen LogP contribution in [0.25, 0.3) is 0 Å². The Hall–Kier alpha value is -0.120. The average Bonchev–Trinajstić information content (AvgIpc) is 2.33. The molecule has 0 spiro atoms. The number of nitrogens with two attached hydrogens (primary N) is 1. The number of ether oxygens (including phenoxy) is 1. The smallest absolute Gasteiger partial charge is 0.0662 e. The summed E-state index contributed by atoms with van der Waals surface area (Å²) in [7, 11) is 0. The van der Waals surface area contributed by atoms with Crippen molar-refractivity contribution < 1.29 is 4.74 Å². The van der Waals surface area contributed by atoms with Gasteiger partial charge in [-0.2, -0.15) is 0 Å². The zero-order valence-corrected chi connectivity index (χ0v) is 13.6. The summed E-state index contributed by atoms with van der Waals surface area (Å²) in [6.45, 7) is 13.9. The number of hydrogen-bond donors (Lipinski definition) is 2. The molecule has 1 aliphatic rings. The Bertz CT molecular complexity index is 265. The fraction of sp³-hybridized carbons (Fsp3) is 1.00. The van der Waals surface area contributed by atoms with Crippen molar-refractivity contribution in [3.8, 4) is 0 Å². The van der Waals surface area contributed by atoms with Gasteiger partial charge in [0.05, 0.1) is 6.10 Å². The molecule has 0 aliphatic heterocycles. The molecule has 3 heteroatoms. The van der Waals surface area contributed by atoms with E-state index in [4.69, 9.17) is 10.5 Å². The van der Waals surface area contributed by atoms with Crippen LogP contribution in [0, 0.1) is 11.3 Å². The van der Waals surface area contributed by atoms with E-state index >= 15 is 0 Å². The quantitative estimate of drug-likeness (QED) is 0.633. The summed E-state index contributed by atoms with van der Waals surface area (Å²) in [4.78, 5) is 0. The molecule has 114 valence electrons. The van der Waals surface area contributed by atoms with Gasteiger partial charge in [-0.05, 0) is 32.2 Å². The molecule has 1 rings (SSSR count). The summed E-state index contributed by atoms with van der Waals surface area (Å²) >= 11 is 0. The van der Waals surface area contributed by atoms with Gasteiger partial charge >= 0.3 is 0 Å². The van der Waals surface area contributed by atoms with Crippen LogP contribution in [0.15, 0.2) is 0 Å². The third-order valence-corrected chi connectivity index (χ3v) is 4.83. The molecule has 0 amide bonds. The maximum absolute atomic E-state index is 6.52. The minimum absolute atomic E-state index is 0.0773. The largest absolute Gasteiger partial charge is 0.378 e. The van der Waals surface area contributed by atoms with E-state index in [2.05, 4.69) is 39.9 Å². The zero-order valence-electron chi connectivity index (χ0n) is 13.6. The van der Waals surface area contributed by atoms with Crippen LogP contribution < -0.4 is 11.1 Å². The van der Waals surface area contributed by atoms with Crippen LogP contribution in [0.3, 0.4) is 0 Å². The predicted molar refractivity (Wildman–Crippen MR) is 82.3 cm³/mol. The Morgan fingerprint density at radius 1 is 1.32 bits per heavy atom. The Balaban J connectivity index is 2.19. The molecule has 0 aromatic rings. The summed E-state index contributed by atoms with van der Waals surface area (Å²) in [5, 5.41) is 3.54. The lowest BCUT2D eigenvalue weighted by Gasteiger charge is -2.59. The van der Waals surface area contributed by atoms with Gasteiger partial charge in [0.15, 0.2) is 0 Å². The third kappa shape index (κ3) is 4.17. The minimum Gasteiger partial charge on any atom is -0.378 e. The molecule has 2 unspecified atom stereocenters. The highest BCUT2D eigenvalue weighted by molar-refractivity contribution is 5.14. The lowest BCUT2D eigenvalue weighted by molar-refractivity contribution is -0.148. The van der Waals surface area contributed by atoms with Gasteiger partial charge in [0.25, 0.3) is 0 Å². The van der Waals surface area contributed by atoms with Crippen LogP contribution >= 0.6 is 0 Å². The van der Waals surface area contributed by atoms with Crippen LogP contribution in [0.5, 0.6) is 0 Å². The van der Waals surface area contributed by atoms with Gasteiger partial charge in [0.2, 0.25) is 0 Å². The van der Waals surface area contributed by atoms with Gasteiger partial charge < -0.3 is 15.8 Å². The summed E-state index contributed by atoms with van der Waals surface area (Å²) in [5.41, 5.74) is 6.49. The van der Waals surface area contributed by atoms with Gasteiger partial charge in [-0.25, -0.2) is 0 Å². The lowest BCUT2D eigenvalue weighted by Crippen LogP contribution is -2.73. The molecule has 0 heterocycles. The molecule has 0 bridgehead atoms. The minimum atomic E-state index is -0.106. The van der Waals surface area contributed by atoms with E-state index in [1.54, 1.807) is 0 Å². The summed E-state index contributed by atoms with van der Waals surface area (Å²) in [6.07, 6.45) is 5.20. The molecule has 1 aliphatic carbocycles. The van der Waals surface area contributed by atoms with Crippen molar-refractivity contribution in [2.45, 2.75) is 71.9 Å². The van der Waals surface area contributed by atoms with Crippen molar-refractivity contribution in [2.75, 3.05) is 19.7 Å². The van der Waals surface area contributed by atoms with Gasteiger partial charge in [0.1, 0.15) is 0 Å². The number of nitrogens with one attached hydrogen (secondary N) is 1. The van der Waals surface area contributed by atoms with Crippen LogP contribution in [0.1, 0.15) is 60.3 Å². The van der Waals surface area contributed by atoms with Crippen LogP contribution in [-0.4, -0.2) is 31.3 Å². The second-order valence-corrected chi connectivity index (χ2v) is 7.09. The number of hydrogen-bond acceptors (Lipinski definition) is 3. The van der Waals surface area contributed by atoms with Crippen molar-refractivity contribution in [3.63, 3.8) is 0 Å². The summed E-state index contributed by atoms with van der Waals surface area (Å²) in [6, 6.07) is 0. The van der Waals surface area contributed by atoms with Gasteiger partial charge in [-0.15, -0.1) is 0 Å². The standard InChI is InChI=1S/C16H34N2O/c1-6-19-14-11-16(17,15(14,4)5)12-18-10-8-7-9-13(2)3/h13-14,18H,6-12,17H2,1-5H3. The van der Waals surface area contributed by atoms with Crippen LogP contribution in [0.2, 0.25) is 0 Å². The monoisotopic (exact) mass is 270 g/mol. The first-order valence-corrected chi connectivity index (χ1v) is 7.94. The topological polar surface area (TPSA) is 47.3 Å². The van der Waals surface area contributed by atoms with E-state index in [0.29, 0.717) is 6.10 Å². The zero-order chi connectivity index (χ0) is 14.5. The summed E-state index contributed by atoms with van der Waals surface area (Å²) in [5.74, 6) is 0.818. The molecular formula is C16H34N2O. The SMILES string of the molecule is CCOC1CC(N)(CNCCCCC(C)C)C1(C)C. The highest BCUT2D eigenvalue weighted by Crippen LogP contribution is 2.49. The Morgan fingerprint density at radius 2 is 2.00 bits per heavy atom. The first-order chi connectivity index (χ1) is 8.83. The normalized spacial score (nSPS) is 29.5. The van der Waals surface area contributed by atoms with E-state index in [0.717, 1.165) is 32.0 Å². The fourth-order valence-corrected chi connectivity index (χ4v) is 2.92. The van der Waals surface area contributed by atoms with Gasteiger partial charge in [-0.1, -0.05) is 40.5 Å². The maximum atomic E-state index is 6.52. The first kappa shape index (κ1) is 16.9. The molecule has 3 nitrogen and oxygen atoms in total. The van der Waals surface area contributed by atoms with E-state index in [-0.39, 0.29) is 11.0 Å². The Morgan fingerprint density at radius 3 is 2.53 bits per heavy atom. The van der Waals surface area contributed by atoms with Gasteiger partial charge in [-0.3, -0.25) is 0 Å². The van der Waals surface area contributed by atoms with Crippen molar-refractivity contribution in [1.29, 1.82) is 0 Å². The number of unbranched alkanes of at least 4 members (excludes halogenated alkanes) is 1. The molecule has 3 N–H and O–H groups in total. The van der Waals surface area contributed by atoms with Gasteiger partial charge in [0, 0.05) is 24.1 Å².